The Morgan fingerprint density at radius 2 is 1.07 bits per heavy atom. The molecule has 4 heteroatoms. The van der Waals surface area contributed by atoms with Gasteiger partial charge in [-0.1, -0.05) is 75.2 Å². The summed E-state index contributed by atoms with van der Waals surface area (Å²) in [5, 5.41) is 13.3. The molecule has 0 N–H and O–H groups in total. The van der Waals surface area contributed by atoms with Crippen molar-refractivity contribution in [1.29, 1.82) is 0 Å². The lowest BCUT2D eigenvalue weighted by molar-refractivity contribution is -0.873. The van der Waals surface area contributed by atoms with Crippen LogP contribution in [0, 0.1) is 0 Å². The van der Waals surface area contributed by atoms with E-state index >= 15 is 0 Å². The molecule has 0 aliphatic carbocycles. The van der Waals surface area contributed by atoms with Gasteiger partial charge in [0.05, 0.1) is 34.1 Å². The molecule has 43 heavy (non-hydrogen) atoms. The van der Waals surface area contributed by atoms with E-state index in [2.05, 4.69) is 130 Å². The molecular formula is C39H47BrN3+. The summed E-state index contributed by atoms with van der Waals surface area (Å²) in [7, 11) is 6.79. The maximum Gasteiger partial charge on any atom is 0.176 e. The molecule has 0 aliphatic heterocycles. The molecule has 224 valence electrons. The molecule has 0 aliphatic rings. The highest BCUT2D eigenvalue weighted by Crippen LogP contribution is 2.37. The topological polar surface area (TPSA) is 7.12 Å². The third-order valence-electron chi connectivity index (χ3n) is 8.98. The molecule has 0 spiro atoms. The van der Waals surface area contributed by atoms with Gasteiger partial charge in [-0.05, 0) is 74.1 Å². The third-order valence-corrected chi connectivity index (χ3v) is 8.98. The Morgan fingerprint density at radius 3 is 1.63 bits per heavy atom. The maximum absolute atomic E-state index is 2.58. The summed E-state index contributed by atoms with van der Waals surface area (Å²) < 4.78 is 3.36. The van der Waals surface area contributed by atoms with Gasteiger partial charge in [-0.2, -0.15) is 0 Å². The van der Waals surface area contributed by atoms with Crippen molar-refractivity contribution in [2.45, 2.75) is 52.5 Å². The first kappa shape index (κ1) is 31.2. The Bertz CT molecular complexity index is 1880. The van der Waals surface area contributed by atoms with Crippen LogP contribution in [0.4, 0.5) is 5.69 Å². The number of benzene rings is 5. The number of rotatable bonds is 11. The number of hydrogen-bond donors (Lipinski definition) is 0. The molecule has 5 aromatic carbocycles. The molecule has 0 fully saturated rings. The first-order chi connectivity index (χ1) is 20.4. The minimum Gasteiger partial charge on any atom is -1.00 e. The minimum atomic E-state index is 0. The van der Waals surface area contributed by atoms with E-state index in [1.54, 1.807) is 0 Å². The third kappa shape index (κ3) is 6.51. The van der Waals surface area contributed by atoms with Crippen molar-refractivity contribution in [3.63, 3.8) is 0 Å². The minimum absolute atomic E-state index is 0. The van der Waals surface area contributed by atoms with Gasteiger partial charge in [0, 0.05) is 35.6 Å². The fourth-order valence-electron chi connectivity index (χ4n) is 6.63. The largest absolute Gasteiger partial charge is 1.00 e. The van der Waals surface area contributed by atoms with Crippen LogP contribution in [-0.4, -0.2) is 45.3 Å². The van der Waals surface area contributed by atoms with Crippen LogP contribution >= 0.6 is 0 Å². The lowest BCUT2D eigenvalue weighted by Gasteiger charge is -2.25. The highest BCUT2D eigenvalue weighted by molar-refractivity contribution is 6.24. The Labute approximate surface area is 268 Å². The molecule has 0 atom stereocenters. The van der Waals surface area contributed by atoms with Gasteiger partial charge in [0.15, 0.2) is 18.9 Å². The van der Waals surface area contributed by atoms with Crippen LogP contribution in [0.1, 0.15) is 46.0 Å². The molecule has 0 saturated carbocycles. The Hall–Kier alpha value is -3.21. The fourth-order valence-corrected chi connectivity index (χ4v) is 6.63. The van der Waals surface area contributed by atoms with Crippen LogP contribution < -0.4 is 26.4 Å². The average Bonchev–Trinajstić information content (AvgIpc) is 2.99. The number of aromatic nitrogens is 1. The van der Waals surface area contributed by atoms with Crippen molar-refractivity contribution >= 4 is 59.5 Å². The lowest BCUT2D eigenvalue weighted by Crippen LogP contribution is -3.00. The van der Waals surface area contributed by atoms with E-state index in [0.717, 1.165) is 24.1 Å². The van der Waals surface area contributed by atoms with Crippen LogP contribution in [0.5, 0.6) is 0 Å². The van der Waals surface area contributed by atoms with Crippen LogP contribution in [-0.2, 0) is 6.54 Å². The first-order valence-corrected chi connectivity index (χ1v) is 16.1. The van der Waals surface area contributed by atoms with Crippen molar-refractivity contribution in [3.05, 3.63) is 85.2 Å². The number of hydrogen-bond acceptors (Lipinski definition) is 1. The summed E-state index contributed by atoms with van der Waals surface area (Å²) in [6.45, 7) is 9.07. The second kappa shape index (κ2) is 13.2. The second-order valence-corrected chi connectivity index (χ2v) is 13.2. The van der Waals surface area contributed by atoms with Gasteiger partial charge >= 0.3 is 0 Å². The molecule has 0 bridgehead atoms. The molecule has 1 aromatic heterocycles. The SMILES string of the molecule is CCCCN(CCCC)c1ccc2c(ccc3c2ccc2c4ccc5c[n+](CCC[N+](C)(C)C)ccc5c4ccc32)c1.[Br-]. The number of halogens is 1. The van der Waals surface area contributed by atoms with E-state index in [0.29, 0.717) is 0 Å². The van der Waals surface area contributed by atoms with Gasteiger partial charge in [0.25, 0.3) is 0 Å². The van der Waals surface area contributed by atoms with Crippen molar-refractivity contribution in [3.8, 4) is 0 Å². The standard InChI is InChI=1S/C39H47N3.BrH/c1-6-8-23-41(24-9-7-2)31-13-16-32-29(27-31)11-14-36-34(32)17-19-39-37-15-12-30-28-40(22-10-26-42(3,4)5)25-21-33(30)35(37)18-20-38(36)39;/h11-21,25,27-28H,6-10,22-24,26H2,1-5H3;1H/q+2;/p-1. The van der Waals surface area contributed by atoms with E-state index < -0.39 is 0 Å². The number of fused-ring (bicyclic) bond motifs is 9. The van der Waals surface area contributed by atoms with Gasteiger partial charge in [0.2, 0.25) is 0 Å². The van der Waals surface area contributed by atoms with Crippen LogP contribution in [0.15, 0.2) is 85.2 Å². The Balaban J connectivity index is 0.00000368. The molecule has 0 saturated heterocycles. The Morgan fingerprint density at radius 1 is 0.581 bits per heavy atom. The predicted octanol–water partition coefficient (Wildman–Crippen LogP) is 6.25. The Kier molecular flexibility index (Phi) is 9.58. The summed E-state index contributed by atoms with van der Waals surface area (Å²) in [6.07, 6.45) is 10.7. The van der Waals surface area contributed by atoms with E-state index in [4.69, 9.17) is 0 Å². The zero-order chi connectivity index (χ0) is 29.3. The zero-order valence-corrected chi connectivity index (χ0v) is 28.3. The van der Waals surface area contributed by atoms with Gasteiger partial charge < -0.3 is 26.4 Å². The summed E-state index contributed by atoms with van der Waals surface area (Å²) in [5.74, 6) is 0. The van der Waals surface area contributed by atoms with Gasteiger partial charge in [-0.15, -0.1) is 0 Å². The monoisotopic (exact) mass is 636 g/mol. The summed E-state index contributed by atoms with van der Waals surface area (Å²) >= 11 is 0. The van der Waals surface area contributed by atoms with Crippen molar-refractivity contribution in [2.24, 2.45) is 0 Å². The normalized spacial score (nSPS) is 12.0. The second-order valence-electron chi connectivity index (χ2n) is 13.2. The lowest BCUT2D eigenvalue weighted by atomic mass is 9.93. The average molecular weight is 638 g/mol. The van der Waals surface area contributed by atoms with E-state index in [1.807, 2.05) is 0 Å². The zero-order valence-electron chi connectivity index (χ0n) is 26.7. The van der Waals surface area contributed by atoms with E-state index in [1.165, 1.54) is 98.2 Å². The molecule has 6 rings (SSSR count). The summed E-state index contributed by atoms with van der Waals surface area (Å²) in [5.41, 5.74) is 1.36. The van der Waals surface area contributed by atoms with Crippen LogP contribution in [0.2, 0.25) is 0 Å². The molecule has 3 nitrogen and oxygen atoms in total. The molecule has 6 aromatic rings. The van der Waals surface area contributed by atoms with Crippen molar-refractivity contribution < 1.29 is 26.0 Å². The van der Waals surface area contributed by atoms with Gasteiger partial charge in [-0.25, -0.2) is 4.57 Å². The maximum atomic E-state index is 2.58. The summed E-state index contributed by atoms with van der Waals surface area (Å²) in [6, 6.07) is 28.1. The smallest absolute Gasteiger partial charge is 0.176 e. The number of unbranched alkanes of at least 4 members (excludes halogenated alkanes) is 2. The molecule has 0 amide bonds. The summed E-state index contributed by atoms with van der Waals surface area (Å²) in [4.78, 5) is 2.58. The van der Waals surface area contributed by atoms with E-state index in [-0.39, 0.29) is 17.0 Å². The van der Waals surface area contributed by atoms with Gasteiger partial charge in [-0.3, -0.25) is 0 Å². The number of anilines is 1. The number of nitrogens with zero attached hydrogens (tertiary/aromatic N) is 3. The number of pyridine rings is 1. The number of quaternary nitrogens is 1. The molecule has 0 radical (unpaired) electrons. The first-order valence-electron chi connectivity index (χ1n) is 16.1. The molecule has 0 unspecified atom stereocenters. The van der Waals surface area contributed by atoms with Crippen molar-refractivity contribution in [2.75, 3.05) is 45.7 Å². The van der Waals surface area contributed by atoms with Crippen molar-refractivity contribution in [1.82, 2.24) is 0 Å². The number of aryl methyl sites for hydroxylation is 1. The predicted molar refractivity (Wildman–Crippen MR) is 184 cm³/mol. The van der Waals surface area contributed by atoms with Crippen LogP contribution in [0.3, 0.4) is 0 Å². The highest BCUT2D eigenvalue weighted by atomic mass is 79.9. The molecular weight excluding hydrogens is 590 g/mol. The van der Waals surface area contributed by atoms with Crippen LogP contribution in [0.25, 0.3) is 53.9 Å². The quantitative estimate of drug-likeness (QED) is 0.0927. The fraction of sp³-hybridized carbons (Fsp3) is 0.359. The van der Waals surface area contributed by atoms with Gasteiger partial charge in [0.1, 0.15) is 0 Å². The highest BCUT2D eigenvalue weighted by Gasteiger charge is 2.14. The molecule has 1 heterocycles. The van der Waals surface area contributed by atoms with E-state index in [9.17, 15) is 0 Å².